The average Bonchev–Trinajstić information content (AvgIpc) is 2.38. The minimum absolute atomic E-state index is 0.437. The SMILES string of the molecule is CCOCCCNC(=S)N(CCOC)C(C)CC. The Morgan fingerprint density at radius 2 is 2.06 bits per heavy atom. The topological polar surface area (TPSA) is 33.7 Å². The summed E-state index contributed by atoms with van der Waals surface area (Å²) in [5.41, 5.74) is 0. The van der Waals surface area contributed by atoms with E-state index in [0.717, 1.165) is 44.3 Å². The second-order valence-electron chi connectivity index (χ2n) is 4.23. The Morgan fingerprint density at radius 3 is 2.61 bits per heavy atom. The van der Waals surface area contributed by atoms with Gasteiger partial charge in [0.25, 0.3) is 0 Å². The van der Waals surface area contributed by atoms with E-state index >= 15 is 0 Å². The van der Waals surface area contributed by atoms with Gasteiger partial charge in [0.1, 0.15) is 0 Å². The van der Waals surface area contributed by atoms with Crippen LogP contribution in [-0.4, -0.2) is 56.1 Å². The number of nitrogens with one attached hydrogen (secondary N) is 1. The summed E-state index contributed by atoms with van der Waals surface area (Å²) in [6.07, 6.45) is 2.05. The summed E-state index contributed by atoms with van der Waals surface area (Å²) in [6.45, 7) is 10.3. The lowest BCUT2D eigenvalue weighted by Crippen LogP contribution is -2.46. The van der Waals surface area contributed by atoms with E-state index in [1.807, 2.05) is 6.92 Å². The summed E-state index contributed by atoms with van der Waals surface area (Å²) < 4.78 is 10.4. The number of nitrogens with zero attached hydrogens (tertiary/aromatic N) is 1. The van der Waals surface area contributed by atoms with Gasteiger partial charge in [-0.2, -0.15) is 0 Å². The Hall–Kier alpha value is -0.390. The summed E-state index contributed by atoms with van der Waals surface area (Å²) in [7, 11) is 1.72. The predicted molar refractivity (Wildman–Crippen MR) is 80.0 cm³/mol. The first-order chi connectivity index (χ1) is 8.67. The fraction of sp³-hybridized carbons (Fsp3) is 0.923. The lowest BCUT2D eigenvalue weighted by atomic mass is 10.2. The third-order valence-corrected chi connectivity index (χ3v) is 3.24. The maximum absolute atomic E-state index is 5.43. The molecule has 0 aliphatic heterocycles. The van der Waals surface area contributed by atoms with Crippen LogP contribution in [-0.2, 0) is 9.47 Å². The van der Waals surface area contributed by atoms with Crippen LogP contribution in [0.4, 0.5) is 0 Å². The van der Waals surface area contributed by atoms with Crippen molar-refractivity contribution in [1.82, 2.24) is 10.2 Å². The zero-order valence-corrected chi connectivity index (χ0v) is 13.0. The number of hydrogen-bond donors (Lipinski definition) is 1. The highest BCUT2D eigenvalue weighted by atomic mass is 32.1. The zero-order valence-electron chi connectivity index (χ0n) is 12.2. The first kappa shape index (κ1) is 17.6. The van der Waals surface area contributed by atoms with Crippen molar-refractivity contribution in [1.29, 1.82) is 0 Å². The summed E-state index contributed by atoms with van der Waals surface area (Å²) in [5, 5.41) is 4.11. The predicted octanol–water partition coefficient (Wildman–Crippen LogP) is 2.03. The minimum atomic E-state index is 0.437. The van der Waals surface area contributed by atoms with E-state index in [0.29, 0.717) is 12.6 Å². The summed E-state index contributed by atoms with van der Waals surface area (Å²) in [6, 6.07) is 0.437. The molecule has 0 rings (SSSR count). The molecule has 18 heavy (non-hydrogen) atoms. The summed E-state index contributed by atoms with van der Waals surface area (Å²) >= 11 is 5.43. The summed E-state index contributed by atoms with van der Waals surface area (Å²) in [5.74, 6) is 0. The molecule has 1 unspecified atom stereocenters. The van der Waals surface area contributed by atoms with Crippen molar-refractivity contribution in [3.8, 4) is 0 Å². The lowest BCUT2D eigenvalue weighted by Gasteiger charge is -2.31. The number of rotatable bonds is 10. The molecule has 0 aliphatic carbocycles. The Morgan fingerprint density at radius 1 is 1.33 bits per heavy atom. The molecular weight excluding hydrogens is 248 g/mol. The molecule has 0 aromatic carbocycles. The molecule has 0 bridgehead atoms. The first-order valence-electron chi connectivity index (χ1n) is 6.78. The van der Waals surface area contributed by atoms with Crippen LogP contribution in [0.25, 0.3) is 0 Å². The van der Waals surface area contributed by atoms with Gasteiger partial charge in [-0.05, 0) is 38.9 Å². The maximum atomic E-state index is 5.43. The molecule has 4 nitrogen and oxygen atoms in total. The third kappa shape index (κ3) is 7.84. The van der Waals surface area contributed by atoms with Gasteiger partial charge in [-0.3, -0.25) is 0 Å². The van der Waals surface area contributed by atoms with Crippen molar-refractivity contribution >= 4 is 17.3 Å². The molecule has 0 spiro atoms. The molecule has 0 saturated heterocycles. The monoisotopic (exact) mass is 276 g/mol. The van der Waals surface area contributed by atoms with Crippen molar-refractivity contribution in [2.45, 2.75) is 39.7 Å². The molecule has 0 aromatic rings. The van der Waals surface area contributed by atoms with Gasteiger partial charge < -0.3 is 19.7 Å². The normalized spacial score (nSPS) is 12.2. The first-order valence-corrected chi connectivity index (χ1v) is 7.19. The molecule has 0 saturated carbocycles. The van der Waals surface area contributed by atoms with Crippen LogP contribution in [0.2, 0.25) is 0 Å². The van der Waals surface area contributed by atoms with Gasteiger partial charge in [-0.15, -0.1) is 0 Å². The zero-order chi connectivity index (χ0) is 13.8. The van der Waals surface area contributed by atoms with Crippen LogP contribution in [0.3, 0.4) is 0 Å². The Kier molecular flexibility index (Phi) is 11.4. The van der Waals surface area contributed by atoms with E-state index in [2.05, 4.69) is 24.1 Å². The quantitative estimate of drug-likeness (QED) is 0.488. The van der Waals surface area contributed by atoms with Gasteiger partial charge in [0.05, 0.1) is 6.61 Å². The molecule has 0 fully saturated rings. The fourth-order valence-corrected chi connectivity index (χ4v) is 1.92. The van der Waals surface area contributed by atoms with Gasteiger partial charge in [-0.25, -0.2) is 0 Å². The van der Waals surface area contributed by atoms with Crippen molar-refractivity contribution in [3.05, 3.63) is 0 Å². The number of methoxy groups -OCH3 is 1. The van der Waals surface area contributed by atoms with Crippen molar-refractivity contribution < 1.29 is 9.47 Å². The van der Waals surface area contributed by atoms with E-state index in [-0.39, 0.29) is 0 Å². The lowest BCUT2D eigenvalue weighted by molar-refractivity contribution is 0.145. The van der Waals surface area contributed by atoms with Crippen LogP contribution >= 0.6 is 12.2 Å². The molecular formula is C13H28N2O2S. The molecule has 0 aromatic heterocycles. The average molecular weight is 276 g/mol. The van der Waals surface area contributed by atoms with Gasteiger partial charge in [-0.1, -0.05) is 6.92 Å². The Bertz CT molecular complexity index is 215. The van der Waals surface area contributed by atoms with Crippen LogP contribution in [0.5, 0.6) is 0 Å². The van der Waals surface area contributed by atoms with Crippen LogP contribution in [0.1, 0.15) is 33.6 Å². The second kappa shape index (κ2) is 11.7. The molecule has 0 amide bonds. The maximum Gasteiger partial charge on any atom is 0.169 e. The van der Waals surface area contributed by atoms with E-state index in [9.17, 15) is 0 Å². The molecule has 5 heteroatoms. The van der Waals surface area contributed by atoms with E-state index in [4.69, 9.17) is 21.7 Å². The standard InChI is InChI=1S/C13H28N2O2S/c1-5-12(3)15(9-11-16-4)13(18)14-8-7-10-17-6-2/h12H,5-11H2,1-4H3,(H,14,18). The van der Waals surface area contributed by atoms with Gasteiger partial charge in [0.2, 0.25) is 0 Å². The van der Waals surface area contributed by atoms with Crippen LogP contribution < -0.4 is 5.32 Å². The molecule has 1 atom stereocenters. The highest BCUT2D eigenvalue weighted by Crippen LogP contribution is 2.04. The molecule has 0 radical (unpaired) electrons. The third-order valence-electron chi connectivity index (χ3n) is 2.87. The molecule has 0 aliphatic rings. The minimum Gasteiger partial charge on any atom is -0.383 e. The van der Waals surface area contributed by atoms with E-state index in [1.54, 1.807) is 7.11 Å². The van der Waals surface area contributed by atoms with E-state index in [1.165, 1.54) is 0 Å². The van der Waals surface area contributed by atoms with Crippen LogP contribution in [0.15, 0.2) is 0 Å². The highest BCUT2D eigenvalue weighted by molar-refractivity contribution is 7.80. The number of ether oxygens (including phenoxy) is 2. The van der Waals surface area contributed by atoms with Gasteiger partial charge in [0, 0.05) is 39.5 Å². The Balaban J connectivity index is 3.96. The number of hydrogen-bond acceptors (Lipinski definition) is 3. The fourth-order valence-electron chi connectivity index (χ4n) is 1.55. The van der Waals surface area contributed by atoms with Crippen LogP contribution in [0, 0.1) is 0 Å². The van der Waals surface area contributed by atoms with E-state index < -0.39 is 0 Å². The van der Waals surface area contributed by atoms with Crippen molar-refractivity contribution in [3.63, 3.8) is 0 Å². The molecule has 108 valence electrons. The second-order valence-corrected chi connectivity index (χ2v) is 4.61. The largest absolute Gasteiger partial charge is 0.383 e. The molecule has 1 N–H and O–H groups in total. The smallest absolute Gasteiger partial charge is 0.169 e. The Labute approximate surface area is 117 Å². The van der Waals surface area contributed by atoms with Gasteiger partial charge in [0.15, 0.2) is 5.11 Å². The van der Waals surface area contributed by atoms with Crippen molar-refractivity contribution in [2.75, 3.05) is 40.0 Å². The summed E-state index contributed by atoms with van der Waals surface area (Å²) in [4.78, 5) is 2.19. The van der Waals surface area contributed by atoms with Gasteiger partial charge >= 0.3 is 0 Å². The molecule has 0 heterocycles. The van der Waals surface area contributed by atoms with Crippen molar-refractivity contribution in [2.24, 2.45) is 0 Å². The highest BCUT2D eigenvalue weighted by Gasteiger charge is 2.14. The number of thiocarbonyl (C=S) groups is 1.